The Morgan fingerprint density at radius 3 is 2.59 bits per heavy atom. The van der Waals surface area contributed by atoms with Gasteiger partial charge in [0.1, 0.15) is 0 Å². The lowest BCUT2D eigenvalue weighted by Crippen LogP contribution is -2.40. The van der Waals surface area contributed by atoms with E-state index in [1.807, 2.05) is 6.92 Å². The fraction of sp³-hybridized carbons (Fsp3) is 0.467. The minimum Gasteiger partial charge on any atom is -0.328 e. The number of imidazole rings is 1. The molecule has 7 heteroatoms. The number of Topliss-reactive ketones (excluding diaryl/α,β-unsaturated/α-hetero) is 1. The van der Waals surface area contributed by atoms with Gasteiger partial charge in [0.05, 0.1) is 6.33 Å². The summed E-state index contributed by atoms with van der Waals surface area (Å²) in [5.74, 6) is -0.123. The summed E-state index contributed by atoms with van der Waals surface area (Å²) in [6.07, 6.45) is 1.96. The summed E-state index contributed by atoms with van der Waals surface area (Å²) >= 11 is 0. The van der Waals surface area contributed by atoms with E-state index < -0.39 is 5.69 Å². The van der Waals surface area contributed by atoms with E-state index in [0.29, 0.717) is 23.2 Å². The minimum atomic E-state index is -0.406. The first-order chi connectivity index (χ1) is 10.2. The molecule has 0 aliphatic rings. The van der Waals surface area contributed by atoms with E-state index in [1.165, 1.54) is 22.4 Å². The maximum absolute atomic E-state index is 12.5. The van der Waals surface area contributed by atoms with Gasteiger partial charge >= 0.3 is 5.69 Å². The number of fused-ring (bicyclic) bond motifs is 1. The summed E-state index contributed by atoms with van der Waals surface area (Å²) in [5, 5.41) is 0. The van der Waals surface area contributed by atoms with Crippen molar-refractivity contribution in [2.24, 2.45) is 20.0 Å². The van der Waals surface area contributed by atoms with Gasteiger partial charge in [-0.2, -0.15) is 0 Å². The highest BCUT2D eigenvalue weighted by molar-refractivity contribution is 5.92. The number of hydrogen-bond donors (Lipinski definition) is 0. The van der Waals surface area contributed by atoms with Gasteiger partial charge in [0.15, 0.2) is 16.9 Å². The van der Waals surface area contributed by atoms with E-state index in [9.17, 15) is 14.4 Å². The molecule has 0 aliphatic carbocycles. The number of hydrogen-bond acceptors (Lipinski definition) is 4. The summed E-state index contributed by atoms with van der Waals surface area (Å²) in [6.45, 7) is 7.30. The highest BCUT2D eigenvalue weighted by atomic mass is 16.2. The molecule has 2 heterocycles. The number of allylic oxidation sites excluding steroid dienone is 1. The number of nitrogens with zero attached hydrogens (tertiary/aromatic N) is 4. The van der Waals surface area contributed by atoms with Crippen LogP contribution in [-0.2, 0) is 25.4 Å². The monoisotopic (exact) mass is 304 g/mol. The molecule has 0 bridgehead atoms. The van der Waals surface area contributed by atoms with Gasteiger partial charge in [-0.25, -0.2) is 9.78 Å². The van der Waals surface area contributed by atoms with E-state index in [1.54, 1.807) is 18.7 Å². The number of rotatable bonds is 5. The normalized spacial score (nSPS) is 12.5. The van der Waals surface area contributed by atoms with Crippen molar-refractivity contribution >= 4 is 16.9 Å². The van der Waals surface area contributed by atoms with Crippen molar-refractivity contribution < 1.29 is 4.79 Å². The van der Waals surface area contributed by atoms with Crippen LogP contribution in [0, 0.1) is 5.92 Å². The largest absolute Gasteiger partial charge is 0.332 e. The van der Waals surface area contributed by atoms with Gasteiger partial charge in [-0.3, -0.25) is 18.7 Å². The summed E-state index contributed by atoms with van der Waals surface area (Å²) in [4.78, 5) is 40.2. The second kappa shape index (κ2) is 5.75. The third-order valence-electron chi connectivity index (χ3n) is 3.79. The van der Waals surface area contributed by atoms with Crippen LogP contribution < -0.4 is 11.2 Å². The van der Waals surface area contributed by atoms with Crippen molar-refractivity contribution in [1.82, 2.24) is 18.7 Å². The molecule has 0 saturated carbocycles. The standard InChI is InChI=1S/C15H20N4O3/c1-9(6-10(2)11(3)20)7-19-14(21)12-13(16-8-17(12)4)18(5)15(19)22/h8-9H,2,6-7H2,1,3-5H3. The molecule has 1 unspecified atom stereocenters. The Hall–Kier alpha value is -2.44. The predicted molar refractivity (Wildman–Crippen MR) is 83.8 cm³/mol. The molecule has 0 amide bonds. The van der Waals surface area contributed by atoms with Crippen LogP contribution in [0.4, 0.5) is 0 Å². The predicted octanol–water partition coefficient (Wildman–Crippen LogP) is 0.605. The van der Waals surface area contributed by atoms with Crippen molar-refractivity contribution in [3.8, 4) is 0 Å². The van der Waals surface area contributed by atoms with Gasteiger partial charge in [0.2, 0.25) is 0 Å². The Morgan fingerprint density at radius 2 is 2.00 bits per heavy atom. The number of ketones is 1. The van der Waals surface area contributed by atoms with Crippen molar-refractivity contribution in [2.75, 3.05) is 0 Å². The second-order valence-corrected chi connectivity index (χ2v) is 5.75. The van der Waals surface area contributed by atoms with Crippen molar-refractivity contribution in [1.29, 1.82) is 0 Å². The molecule has 0 spiro atoms. The average molecular weight is 304 g/mol. The fourth-order valence-electron chi connectivity index (χ4n) is 2.50. The molecule has 0 aromatic carbocycles. The van der Waals surface area contributed by atoms with Crippen LogP contribution in [0.5, 0.6) is 0 Å². The summed E-state index contributed by atoms with van der Waals surface area (Å²) < 4.78 is 4.16. The molecule has 2 aromatic heterocycles. The first kappa shape index (κ1) is 15.9. The smallest absolute Gasteiger partial charge is 0.328 e. The Kier molecular flexibility index (Phi) is 4.16. The van der Waals surface area contributed by atoms with Crippen molar-refractivity contribution in [3.05, 3.63) is 39.3 Å². The molecule has 7 nitrogen and oxygen atoms in total. The van der Waals surface area contributed by atoms with Gasteiger partial charge in [-0.05, 0) is 24.8 Å². The molecule has 2 aromatic rings. The quantitative estimate of drug-likeness (QED) is 0.758. The molecule has 0 saturated heterocycles. The number of aryl methyl sites for hydroxylation is 2. The first-order valence-electron chi connectivity index (χ1n) is 7.03. The van der Waals surface area contributed by atoms with Gasteiger partial charge < -0.3 is 4.57 Å². The molecule has 118 valence electrons. The van der Waals surface area contributed by atoms with Crippen molar-refractivity contribution in [3.63, 3.8) is 0 Å². The second-order valence-electron chi connectivity index (χ2n) is 5.75. The minimum absolute atomic E-state index is 0.0486. The van der Waals surface area contributed by atoms with Crippen LogP contribution >= 0.6 is 0 Å². The molecule has 0 fully saturated rings. The fourth-order valence-corrected chi connectivity index (χ4v) is 2.50. The van der Waals surface area contributed by atoms with E-state index in [-0.39, 0.29) is 23.8 Å². The Bertz CT molecular complexity index is 869. The van der Waals surface area contributed by atoms with E-state index in [0.717, 1.165) is 0 Å². The maximum Gasteiger partial charge on any atom is 0.332 e. The zero-order chi connectivity index (χ0) is 16.6. The number of carbonyl (C=O) groups excluding carboxylic acids is 1. The molecule has 0 aliphatic heterocycles. The van der Waals surface area contributed by atoms with Gasteiger partial charge in [0.25, 0.3) is 5.56 Å². The molecule has 2 rings (SSSR count). The molecule has 0 N–H and O–H groups in total. The Balaban J connectivity index is 2.46. The van der Waals surface area contributed by atoms with Gasteiger partial charge in [0, 0.05) is 20.6 Å². The van der Waals surface area contributed by atoms with E-state index in [2.05, 4.69) is 11.6 Å². The first-order valence-corrected chi connectivity index (χ1v) is 7.03. The Morgan fingerprint density at radius 1 is 1.36 bits per heavy atom. The van der Waals surface area contributed by atoms with Crippen LogP contribution in [0.1, 0.15) is 20.3 Å². The summed E-state index contributed by atoms with van der Waals surface area (Å²) in [7, 11) is 3.30. The summed E-state index contributed by atoms with van der Waals surface area (Å²) in [6, 6.07) is 0. The zero-order valence-corrected chi connectivity index (χ0v) is 13.3. The highest BCUT2D eigenvalue weighted by Crippen LogP contribution is 2.12. The third-order valence-corrected chi connectivity index (χ3v) is 3.79. The van der Waals surface area contributed by atoms with Crippen LogP contribution in [0.3, 0.4) is 0 Å². The summed E-state index contributed by atoms with van der Waals surface area (Å²) in [5.41, 5.74) is 0.489. The van der Waals surface area contributed by atoms with Crippen LogP contribution in [0.2, 0.25) is 0 Å². The topological polar surface area (TPSA) is 78.9 Å². The van der Waals surface area contributed by atoms with E-state index in [4.69, 9.17) is 0 Å². The zero-order valence-electron chi connectivity index (χ0n) is 13.3. The van der Waals surface area contributed by atoms with E-state index >= 15 is 0 Å². The maximum atomic E-state index is 12.5. The van der Waals surface area contributed by atoms with Crippen LogP contribution in [-0.4, -0.2) is 24.5 Å². The van der Waals surface area contributed by atoms with Crippen LogP contribution in [0.25, 0.3) is 11.2 Å². The number of aromatic nitrogens is 4. The SMILES string of the molecule is C=C(CC(C)Cn1c(=O)c2c(ncn2C)n(C)c1=O)C(C)=O. The average Bonchev–Trinajstić information content (AvgIpc) is 2.83. The Labute approximate surface area is 127 Å². The van der Waals surface area contributed by atoms with Crippen molar-refractivity contribution in [2.45, 2.75) is 26.8 Å². The number of carbonyl (C=O) groups is 1. The van der Waals surface area contributed by atoms with Crippen LogP contribution in [0.15, 0.2) is 28.1 Å². The van der Waals surface area contributed by atoms with Gasteiger partial charge in [-0.1, -0.05) is 13.5 Å². The lowest BCUT2D eigenvalue weighted by molar-refractivity contribution is -0.113. The highest BCUT2D eigenvalue weighted by Gasteiger charge is 2.17. The van der Waals surface area contributed by atoms with Gasteiger partial charge in [-0.15, -0.1) is 0 Å². The third kappa shape index (κ3) is 2.66. The molecule has 22 heavy (non-hydrogen) atoms. The molecular formula is C15H20N4O3. The molecule has 1 atom stereocenters. The lowest BCUT2D eigenvalue weighted by Gasteiger charge is -2.14. The molecule has 0 radical (unpaired) electrons. The lowest BCUT2D eigenvalue weighted by atomic mass is 10.00. The molecular weight excluding hydrogens is 284 g/mol.